The first-order valence-electron chi connectivity index (χ1n) is 3.84. The average molecular weight is 273 g/mol. The number of rotatable bonds is 2. The van der Waals surface area contributed by atoms with Gasteiger partial charge in [0.2, 0.25) is 0 Å². The molecule has 0 atom stereocenters. The topological polar surface area (TPSA) is 77.3 Å². The van der Waals surface area contributed by atoms with Crippen LogP contribution < -0.4 is 0 Å². The fourth-order valence-electron chi connectivity index (χ4n) is 1.14. The van der Waals surface area contributed by atoms with Gasteiger partial charge in [0, 0.05) is 0 Å². The van der Waals surface area contributed by atoms with Gasteiger partial charge in [0.05, 0.1) is 4.92 Å². The van der Waals surface area contributed by atoms with E-state index in [0.29, 0.717) is 18.2 Å². The Morgan fingerprint density at radius 3 is 2.12 bits per heavy atom. The molecule has 10 heteroatoms. The molecule has 0 amide bonds. The molecule has 17 heavy (non-hydrogen) atoms. The number of alkyl halides is 3. The predicted molar refractivity (Wildman–Crippen MR) is 46.4 cm³/mol. The number of hydrogen-bond acceptors (Lipinski definition) is 4. The van der Waals surface area contributed by atoms with Gasteiger partial charge < -0.3 is 0 Å². The van der Waals surface area contributed by atoms with Gasteiger partial charge in [-0.1, -0.05) is 6.07 Å². The smallest absolute Gasteiger partial charge is 0.258 e. The van der Waals surface area contributed by atoms with E-state index in [1.54, 1.807) is 0 Å². The number of nitrogens with zero attached hydrogens (tertiary/aromatic N) is 1. The quantitative estimate of drug-likeness (QED) is 0.358. The standard InChI is InChI=1S/C7H3F4NO4S/c8-7(9,10)4-2-1-3-5(17(11,15)16)6(4)12(13)14/h1-3H. The highest BCUT2D eigenvalue weighted by Crippen LogP contribution is 2.39. The van der Waals surface area contributed by atoms with Gasteiger partial charge in [-0.05, 0) is 12.1 Å². The Morgan fingerprint density at radius 1 is 1.24 bits per heavy atom. The van der Waals surface area contributed by atoms with Crippen molar-refractivity contribution < 1.29 is 30.4 Å². The molecule has 94 valence electrons. The number of benzene rings is 1. The van der Waals surface area contributed by atoms with Crippen LogP contribution in [0.1, 0.15) is 5.56 Å². The summed E-state index contributed by atoms with van der Waals surface area (Å²) in [4.78, 5) is 7.21. The molecule has 0 spiro atoms. The van der Waals surface area contributed by atoms with Gasteiger partial charge in [-0.25, -0.2) is 0 Å². The number of para-hydroxylation sites is 1. The maximum absolute atomic E-state index is 12.6. The molecule has 0 fully saturated rings. The van der Waals surface area contributed by atoms with Gasteiger partial charge in [0.1, 0.15) is 5.56 Å². The molecule has 0 saturated carbocycles. The third-order valence-electron chi connectivity index (χ3n) is 1.75. The van der Waals surface area contributed by atoms with Gasteiger partial charge in [0.25, 0.3) is 0 Å². The molecule has 0 bridgehead atoms. The Hall–Kier alpha value is -1.71. The summed E-state index contributed by atoms with van der Waals surface area (Å²) in [5.41, 5.74) is -3.64. The zero-order chi connectivity index (χ0) is 13.4. The number of nitro benzene ring substituents is 1. The molecule has 1 rings (SSSR count). The predicted octanol–water partition coefficient (Wildman–Crippen LogP) is 2.27. The van der Waals surface area contributed by atoms with Crippen LogP contribution in [0.15, 0.2) is 23.1 Å². The van der Waals surface area contributed by atoms with Crippen molar-refractivity contribution in [3.63, 3.8) is 0 Å². The second kappa shape index (κ2) is 3.95. The van der Waals surface area contributed by atoms with Gasteiger partial charge >= 0.3 is 22.1 Å². The van der Waals surface area contributed by atoms with Crippen molar-refractivity contribution in [2.24, 2.45) is 0 Å². The molecule has 0 aliphatic carbocycles. The highest BCUT2D eigenvalue weighted by atomic mass is 32.3. The zero-order valence-electron chi connectivity index (χ0n) is 7.73. The van der Waals surface area contributed by atoms with Crippen molar-refractivity contribution in [1.29, 1.82) is 0 Å². The van der Waals surface area contributed by atoms with Crippen LogP contribution in [-0.2, 0) is 16.4 Å². The first kappa shape index (κ1) is 13.4. The molecular formula is C7H3F4NO4S. The van der Waals surface area contributed by atoms with E-state index >= 15 is 0 Å². The van der Waals surface area contributed by atoms with E-state index in [1.807, 2.05) is 0 Å². The molecule has 0 heterocycles. The van der Waals surface area contributed by atoms with E-state index in [9.17, 15) is 35.6 Å². The van der Waals surface area contributed by atoms with E-state index < -0.39 is 37.5 Å². The van der Waals surface area contributed by atoms with Gasteiger partial charge in [-0.3, -0.25) is 10.1 Å². The monoisotopic (exact) mass is 273 g/mol. The van der Waals surface area contributed by atoms with Crippen molar-refractivity contribution in [2.75, 3.05) is 0 Å². The second-order valence-electron chi connectivity index (χ2n) is 2.85. The van der Waals surface area contributed by atoms with Gasteiger partial charge in [-0.15, -0.1) is 3.89 Å². The van der Waals surface area contributed by atoms with E-state index in [0.717, 1.165) is 0 Å². The Labute approximate surface area is 92.0 Å². The molecule has 1 aromatic rings. The van der Waals surface area contributed by atoms with Crippen molar-refractivity contribution in [1.82, 2.24) is 0 Å². The van der Waals surface area contributed by atoms with Crippen LogP contribution in [0.25, 0.3) is 0 Å². The van der Waals surface area contributed by atoms with Crippen molar-refractivity contribution in [3.05, 3.63) is 33.9 Å². The highest BCUT2D eigenvalue weighted by molar-refractivity contribution is 7.86. The van der Waals surface area contributed by atoms with Crippen LogP contribution in [0.3, 0.4) is 0 Å². The molecule has 0 radical (unpaired) electrons. The summed E-state index contributed by atoms with van der Waals surface area (Å²) in [7, 11) is -5.60. The van der Waals surface area contributed by atoms with Crippen LogP contribution in [0.2, 0.25) is 0 Å². The van der Waals surface area contributed by atoms with E-state index in [2.05, 4.69) is 0 Å². The lowest BCUT2D eigenvalue weighted by Gasteiger charge is -2.08. The molecule has 5 nitrogen and oxygen atoms in total. The zero-order valence-corrected chi connectivity index (χ0v) is 8.55. The normalized spacial score (nSPS) is 12.5. The summed E-state index contributed by atoms with van der Waals surface area (Å²) in [6.07, 6.45) is -5.15. The minimum Gasteiger partial charge on any atom is -0.258 e. The minimum absolute atomic E-state index is 0.298. The molecule has 0 N–H and O–H groups in total. The number of nitro groups is 1. The van der Waals surface area contributed by atoms with Crippen LogP contribution in [0, 0.1) is 10.1 Å². The SMILES string of the molecule is O=[N+]([O-])c1c(C(F)(F)F)cccc1S(=O)(=O)F. The van der Waals surface area contributed by atoms with Crippen LogP contribution >= 0.6 is 0 Å². The lowest BCUT2D eigenvalue weighted by atomic mass is 10.2. The van der Waals surface area contributed by atoms with Crippen LogP contribution in [-0.4, -0.2) is 13.3 Å². The molecule has 0 aliphatic heterocycles. The summed E-state index contributed by atoms with van der Waals surface area (Å²) in [5, 5.41) is 10.4. The fraction of sp³-hybridized carbons (Fsp3) is 0.143. The Kier molecular flexibility index (Phi) is 3.10. The Bertz CT molecular complexity index is 566. The first-order valence-corrected chi connectivity index (χ1v) is 5.23. The summed E-state index contributed by atoms with van der Waals surface area (Å²) >= 11 is 0. The Morgan fingerprint density at radius 2 is 1.76 bits per heavy atom. The molecule has 0 saturated heterocycles. The minimum atomic E-state index is -5.60. The third kappa shape index (κ3) is 2.70. The number of hydrogen-bond donors (Lipinski definition) is 0. The number of halogens is 4. The first-order chi connectivity index (χ1) is 7.55. The maximum atomic E-state index is 12.6. The highest BCUT2D eigenvalue weighted by Gasteiger charge is 2.42. The van der Waals surface area contributed by atoms with Crippen molar-refractivity contribution >= 4 is 15.9 Å². The molecule has 0 aliphatic rings. The van der Waals surface area contributed by atoms with Crippen LogP contribution in [0.5, 0.6) is 0 Å². The van der Waals surface area contributed by atoms with Gasteiger partial charge in [0.15, 0.2) is 4.90 Å². The van der Waals surface area contributed by atoms with Crippen LogP contribution in [0.4, 0.5) is 22.7 Å². The van der Waals surface area contributed by atoms with Crippen molar-refractivity contribution in [2.45, 2.75) is 11.1 Å². The van der Waals surface area contributed by atoms with E-state index in [4.69, 9.17) is 0 Å². The Balaban J connectivity index is 3.73. The summed E-state index contributed by atoms with van der Waals surface area (Å²) in [6.45, 7) is 0. The second-order valence-corrected chi connectivity index (χ2v) is 4.16. The summed E-state index contributed by atoms with van der Waals surface area (Å²) < 4.78 is 70.7. The largest absolute Gasteiger partial charge is 0.423 e. The lowest BCUT2D eigenvalue weighted by Crippen LogP contribution is -2.11. The van der Waals surface area contributed by atoms with Crippen molar-refractivity contribution in [3.8, 4) is 0 Å². The van der Waals surface area contributed by atoms with E-state index in [-0.39, 0.29) is 0 Å². The average Bonchev–Trinajstić information content (AvgIpc) is 2.13. The summed E-state index contributed by atoms with van der Waals surface area (Å²) in [5.74, 6) is 0. The molecule has 0 aromatic heterocycles. The lowest BCUT2D eigenvalue weighted by molar-refractivity contribution is -0.391. The molecule has 1 aromatic carbocycles. The molecular weight excluding hydrogens is 270 g/mol. The fourth-order valence-corrected chi connectivity index (χ4v) is 1.79. The third-order valence-corrected chi connectivity index (χ3v) is 2.60. The van der Waals surface area contributed by atoms with E-state index in [1.165, 1.54) is 0 Å². The van der Waals surface area contributed by atoms with Gasteiger partial charge in [-0.2, -0.15) is 21.6 Å². The molecule has 0 unspecified atom stereocenters. The summed E-state index contributed by atoms with van der Waals surface area (Å²) in [6, 6.07) is 1.26. The maximum Gasteiger partial charge on any atom is 0.423 e.